The molecule has 0 amide bonds. The van der Waals surface area contributed by atoms with Crippen molar-refractivity contribution >= 4 is 5.97 Å². The molecular formula is C18H25N3O2. The number of aryl methyl sites for hydroxylation is 1. The van der Waals surface area contributed by atoms with Crippen LogP contribution in [-0.2, 0) is 16.0 Å². The molecule has 2 rings (SSSR count). The molecule has 5 nitrogen and oxygen atoms in total. The van der Waals surface area contributed by atoms with Crippen LogP contribution in [0.5, 0.6) is 0 Å². The third-order valence-corrected chi connectivity index (χ3v) is 4.60. The van der Waals surface area contributed by atoms with Crippen LogP contribution in [0.1, 0.15) is 51.0 Å². The summed E-state index contributed by atoms with van der Waals surface area (Å²) < 4.78 is 5.58. The minimum atomic E-state index is -0.202. The van der Waals surface area contributed by atoms with Crippen molar-refractivity contribution in [1.82, 2.24) is 0 Å². The molecule has 1 unspecified atom stereocenters. The molecule has 0 saturated heterocycles. The maximum absolute atomic E-state index is 11.4. The van der Waals surface area contributed by atoms with Crippen molar-refractivity contribution in [2.24, 2.45) is 11.0 Å². The van der Waals surface area contributed by atoms with Gasteiger partial charge in [-0.25, -0.2) is 0 Å². The Kier molecular flexibility index (Phi) is 6.95. The number of benzene rings is 1. The minimum absolute atomic E-state index is 0.0109. The highest BCUT2D eigenvalue weighted by Crippen LogP contribution is 2.32. The Morgan fingerprint density at radius 1 is 1.30 bits per heavy atom. The fourth-order valence-corrected chi connectivity index (χ4v) is 3.42. The Balaban J connectivity index is 1.84. The predicted octanol–water partition coefficient (Wildman–Crippen LogP) is 4.81. The molecule has 0 aromatic heterocycles. The molecule has 0 N–H and O–H groups in total. The second-order valence-electron chi connectivity index (χ2n) is 6.30. The first-order valence-electron chi connectivity index (χ1n) is 8.44. The van der Waals surface area contributed by atoms with Crippen molar-refractivity contribution in [2.45, 2.75) is 64.0 Å². The van der Waals surface area contributed by atoms with E-state index in [-0.39, 0.29) is 18.1 Å². The molecule has 1 aromatic rings. The van der Waals surface area contributed by atoms with Crippen LogP contribution in [-0.4, -0.2) is 18.1 Å². The molecule has 1 fully saturated rings. The second-order valence-corrected chi connectivity index (χ2v) is 6.30. The average Bonchev–Trinajstić information content (AvgIpc) is 2.56. The molecule has 0 heterocycles. The van der Waals surface area contributed by atoms with Gasteiger partial charge in [-0.3, -0.25) is 4.79 Å². The van der Waals surface area contributed by atoms with Crippen LogP contribution in [0.3, 0.4) is 0 Å². The lowest BCUT2D eigenvalue weighted by Crippen LogP contribution is -2.30. The van der Waals surface area contributed by atoms with E-state index in [1.807, 2.05) is 6.07 Å². The fourth-order valence-electron chi connectivity index (χ4n) is 3.42. The second kappa shape index (κ2) is 9.21. The molecule has 1 aromatic carbocycles. The topological polar surface area (TPSA) is 75.1 Å². The zero-order chi connectivity index (χ0) is 16.5. The number of carbonyl (C=O) groups is 1. The van der Waals surface area contributed by atoms with Crippen LogP contribution in [0.2, 0.25) is 0 Å². The zero-order valence-corrected chi connectivity index (χ0v) is 13.7. The van der Waals surface area contributed by atoms with E-state index in [1.54, 1.807) is 0 Å². The molecule has 23 heavy (non-hydrogen) atoms. The molecule has 1 aliphatic carbocycles. The number of hydrogen-bond donors (Lipinski definition) is 0. The number of azide groups is 1. The predicted molar refractivity (Wildman–Crippen MR) is 89.8 cm³/mol. The van der Waals surface area contributed by atoms with Crippen molar-refractivity contribution in [3.63, 3.8) is 0 Å². The quantitative estimate of drug-likeness (QED) is 0.313. The summed E-state index contributed by atoms with van der Waals surface area (Å²) in [7, 11) is 0. The number of carbonyl (C=O) groups excluding carboxylic acids is 1. The number of ether oxygens (including phenoxy) is 1. The Morgan fingerprint density at radius 3 is 2.61 bits per heavy atom. The average molecular weight is 315 g/mol. The van der Waals surface area contributed by atoms with Crippen molar-refractivity contribution < 1.29 is 9.53 Å². The number of hydrogen-bond acceptors (Lipinski definition) is 3. The third-order valence-electron chi connectivity index (χ3n) is 4.60. The van der Waals surface area contributed by atoms with Gasteiger partial charge in [-0.2, -0.15) is 0 Å². The first-order valence-corrected chi connectivity index (χ1v) is 8.44. The van der Waals surface area contributed by atoms with E-state index < -0.39 is 0 Å². The summed E-state index contributed by atoms with van der Waals surface area (Å²) in [5.74, 6) is 0.187. The number of nitrogens with zero attached hydrogens (tertiary/aromatic N) is 3. The van der Waals surface area contributed by atoms with E-state index in [1.165, 1.54) is 12.5 Å². The van der Waals surface area contributed by atoms with Crippen molar-refractivity contribution in [1.29, 1.82) is 0 Å². The van der Waals surface area contributed by atoms with E-state index in [9.17, 15) is 4.79 Å². The molecular weight excluding hydrogens is 290 g/mol. The monoisotopic (exact) mass is 315 g/mol. The standard InChI is InChI=1S/C18H25N3O2/c1-14(22)23-18(9-5-8-15-6-3-2-4-7-15)16-10-12-17(13-11-16)20-21-19/h2-4,6-7,16-18H,5,8-13H2,1H3/t16-,17-,18?. The summed E-state index contributed by atoms with van der Waals surface area (Å²) in [4.78, 5) is 14.3. The molecule has 0 bridgehead atoms. The first-order chi connectivity index (χ1) is 11.2. The van der Waals surface area contributed by atoms with E-state index in [0.717, 1.165) is 44.9 Å². The summed E-state index contributed by atoms with van der Waals surface area (Å²) in [6.07, 6.45) is 6.62. The Labute approximate surface area is 137 Å². The lowest BCUT2D eigenvalue weighted by molar-refractivity contribution is -0.150. The Morgan fingerprint density at radius 2 is 2.00 bits per heavy atom. The van der Waals surface area contributed by atoms with Gasteiger partial charge in [0.2, 0.25) is 0 Å². The molecule has 5 heteroatoms. The number of rotatable bonds is 7. The van der Waals surface area contributed by atoms with E-state index in [4.69, 9.17) is 10.3 Å². The summed E-state index contributed by atoms with van der Waals surface area (Å²) >= 11 is 0. The highest BCUT2D eigenvalue weighted by atomic mass is 16.5. The van der Waals surface area contributed by atoms with Crippen LogP contribution in [0, 0.1) is 5.92 Å². The van der Waals surface area contributed by atoms with E-state index >= 15 is 0 Å². The van der Waals surface area contributed by atoms with Gasteiger partial charge < -0.3 is 4.74 Å². The van der Waals surface area contributed by atoms with Crippen LogP contribution in [0.25, 0.3) is 10.4 Å². The highest BCUT2D eigenvalue weighted by Gasteiger charge is 2.28. The molecule has 1 aliphatic rings. The molecule has 0 aliphatic heterocycles. The Hall–Kier alpha value is -2.00. The van der Waals surface area contributed by atoms with Crippen molar-refractivity contribution in [2.75, 3.05) is 0 Å². The summed E-state index contributed by atoms with van der Waals surface area (Å²) in [6.45, 7) is 1.48. The van der Waals surface area contributed by atoms with Gasteiger partial charge in [-0.05, 0) is 62.0 Å². The lowest BCUT2D eigenvalue weighted by Gasteiger charge is -2.32. The third kappa shape index (κ3) is 5.95. The number of esters is 1. The maximum Gasteiger partial charge on any atom is 0.302 e. The minimum Gasteiger partial charge on any atom is -0.462 e. The van der Waals surface area contributed by atoms with Crippen molar-refractivity contribution in [3.8, 4) is 0 Å². The molecule has 124 valence electrons. The SMILES string of the molecule is CC(=O)OC(CCCc1ccccc1)[C@H]1CC[C@H](N=[N+]=[N-])CC1. The van der Waals surface area contributed by atoms with Gasteiger partial charge >= 0.3 is 5.97 Å². The van der Waals surface area contributed by atoms with Gasteiger partial charge in [0.1, 0.15) is 6.10 Å². The smallest absolute Gasteiger partial charge is 0.302 e. The molecule has 0 radical (unpaired) electrons. The van der Waals surface area contributed by atoms with Crippen LogP contribution in [0.15, 0.2) is 35.4 Å². The zero-order valence-electron chi connectivity index (χ0n) is 13.7. The maximum atomic E-state index is 11.4. The summed E-state index contributed by atoms with van der Waals surface area (Å²) in [5.41, 5.74) is 9.85. The molecule has 1 saturated carbocycles. The molecule has 1 atom stereocenters. The largest absolute Gasteiger partial charge is 0.462 e. The van der Waals surface area contributed by atoms with Gasteiger partial charge in [-0.1, -0.05) is 35.4 Å². The van der Waals surface area contributed by atoms with E-state index in [2.05, 4.69) is 34.3 Å². The first kappa shape index (κ1) is 17.4. The summed E-state index contributed by atoms with van der Waals surface area (Å²) in [5, 5.41) is 3.81. The van der Waals surface area contributed by atoms with Crippen molar-refractivity contribution in [3.05, 3.63) is 46.3 Å². The van der Waals surface area contributed by atoms with Crippen LogP contribution < -0.4 is 0 Å². The van der Waals surface area contributed by atoms with Crippen LogP contribution in [0.4, 0.5) is 0 Å². The highest BCUT2D eigenvalue weighted by molar-refractivity contribution is 5.66. The van der Waals surface area contributed by atoms with Gasteiger partial charge in [0, 0.05) is 17.9 Å². The Bertz CT molecular complexity index is 532. The van der Waals surface area contributed by atoms with Gasteiger partial charge in [0.05, 0.1) is 0 Å². The summed E-state index contributed by atoms with van der Waals surface area (Å²) in [6, 6.07) is 10.5. The fraction of sp³-hybridized carbons (Fsp3) is 0.611. The normalized spacial score (nSPS) is 22.0. The van der Waals surface area contributed by atoms with E-state index in [0.29, 0.717) is 5.92 Å². The van der Waals surface area contributed by atoms with Gasteiger partial charge in [0.25, 0.3) is 0 Å². The van der Waals surface area contributed by atoms with Gasteiger partial charge in [0.15, 0.2) is 0 Å². The molecule has 0 spiro atoms. The lowest BCUT2D eigenvalue weighted by atomic mass is 9.81. The van der Waals surface area contributed by atoms with Crippen LogP contribution >= 0.6 is 0 Å². The van der Waals surface area contributed by atoms with Gasteiger partial charge in [-0.15, -0.1) is 0 Å².